The third kappa shape index (κ3) is 16.2. The largest absolute Gasteiger partial charge is 0.462 e. The van der Waals surface area contributed by atoms with Gasteiger partial charge in [-0.3, -0.25) is 19.2 Å². The van der Waals surface area contributed by atoms with Crippen LogP contribution in [0.1, 0.15) is 117 Å². The Labute approximate surface area is 327 Å². The molecule has 0 aromatic heterocycles. The number of rotatable bonds is 27. The van der Waals surface area contributed by atoms with Gasteiger partial charge in [0.1, 0.15) is 31.0 Å². The summed E-state index contributed by atoms with van der Waals surface area (Å²) in [5.74, 6) is -0.0779. The number of ketones is 2. The number of ether oxygens (including phenoxy) is 4. The molecule has 0 amide bonds. The van der Waals surface area contributed by atoms with E-state index in [-0.39, 0.29) is 61.3 Å². The van der Waals surface area contributed by atoms with Crippen molar-refractivity contribution >= 4 is 23.5 Å². The SMILES string of the molecule is CCC=CC[C@H]1C(=O)C=C[C@H]1CCCCCCCC(=O)OC[C@H](CO[C@@H]1O[C@H](CO)[C@H](O)[C@H](O)[C@H]1O)OC(=O)CCCCC[C@@H]1C=CC(=O)[C@@H]1CC=CCC. The van der Waals surface area contributed by atoms with Crippen molar-refractivity contribution in [2.75, 3.05) is 19.8 Å². The molecule has 55 heavy (non-hydrogen) atoms. The van der Waals surface area contributed by atoms with E-state index in [0.717, 1.165) is 77.0 Å². The summed E-state index contributed by atoms with van der Waals surface area (Å²) in [6.45, 7) is 2.89. The lowest BCUT2D eigenvalue weighted by Gasteiger charge is -2.39. The molecule has 1 heterocycles. The van der Waals surface area contributed by atoms with E-state index in [1.807, 2.05) is 12.2 Å². The summed E-state index contributed by atoms with van der Waals surface area (Å²) in [5, 5.41) is 40.1. The second kappa shape index (κ2) is 26.0. The topological polar surface area (TPSA) is 186 Å². The normalized spacial score (nSPS) is 28.5. The van der Waals surface area contributed by atoms with Gasteiger partial charge in [-0.1, -0.05) is 88.8 Å². The van der Waals surface area contributed by atoms with Crippen LogP contribution in [0, 0.1) is 23.7 Å². The van der Waals surface area contributed by atoms with Crippen LogP contribution in [-0.2, 0) is 38.1 Å². The van der Waals surface area contributed by atoms with Crippen LogP contribution >= 0.6 is 0 Å². The Balaban J connectivity index is 1.39. The molecule has 3 aliphatic rings. The van der Waals surface area contributed by atoms with Gasteiger partial charge in [0, 0.05) is 24.7 Å². The van der Waals surface area contributed by atoms with Gasteiger partial charge in [0.05, 0.1) is 13.2 Å². The molecular weight excluding hydrogens is 708 g/mol. The van der Waals surface area contributed by atoms with Crippen molar-refractivity contribution < 1.29 is 58.6 Å². The first-order chi connectivity index (χ1) is 26.6. The first-order valence-electron chi connectivity index (χ1n) is 20.6. The lowest BCUT2D eigenvalue weighted by molar-refractivity contribution is -0.305. The van der Waals surface area contributed by atoms with Crippen LogP contribution in [0.2, 0.25) is 0 Å². The van der Waals surface area contributed by atoms with E-state index >= 15 is 0 Å². The molecule has 0 bridgehead atoms. The molecule has 3 rings (SSSR count). The minimum absolute atomic E-state index is 0.0236. The summed E-state index contributed by atoms with van der Waals surface area (Å²) >= 11 is 0. The fraction of sp³-hybridized carbons (Fsp3) is 0.721. The van der Waals surface area contributed by atoms with E-state index in [9.17, 15) is 39.6 Å². The summed E-state index contributed by atoms with van der Waals surface area (Å²) < 4.78 is 22.1. The Morgan fingerprint density at radius 3 is 1.80 bits per heavy atom. The second-order valence-corrected chi connectivity index (χ2v) is 15.0. The highest BCUT2D eigenvalue weighted by atomic mass is 16.7. The maximum Gasteiger partial charge on any atom is 0.306 e. The molecule has 0 radical (unpaired) electrons. The van der Waals surface area contributed by atoms with Gasteiger partial charge in [-0.25, -0.2) is 0 Å². The number of unbranched alkanes of at least 4 members (excludes halogenated alkanes) is 6. The average Bonchev–Trinajstić information content (AvgIpc) is 3.71. The van der Waals surface area contributed by atoms with Crippen LogP contribution in [-0.4, -0.2) is 101 Å². The lowest BCUT2D eigenvalue weighted by atomic mass is 9.87. The molecule has 0 spiro atoms. The maximum atomic E-state index is 12.9. The summed E-state index contributed by atoms with van der Waals surface area (Å²) in [5.41, 5.74) is 0. The van der Waals surface area contributed by atoms with Crippen LogP contribution in [0.4, 0.5) is 0 Å². The molecule has 0 saturated carbocycles. The van der Waals surface area contributed by atoms with E-state index in [4.69, 9.17) is 18.9 Å². The van der Waals surface area contributed by atoms with Crippen LogP contribution in [0.15, 0.2) is 48.6 Å². The van der Waals surface area contributed by atoms with Crippen molar-refractivity contribution in [3.05, 3.63) is 48.6 Å². The summed E-state index contributed by atoms with van der Waals surface area (Å²) in [7, 11) is 0. The van der Waals surface area contributed by atoms with Gasteiger partial charge in [0.25, 0.3) is 0 Å². The van der Waals surface area contributed by atoms with E-state index in [2.05, 4.69) is 38.2 Å². The van der Waals surface area contributed by atoms with Crippen molar-refractivity contribution in [3.8, 4) is 0 Å². The Kier molecular flexibility index (Phi) is 21.9. The molecule has 0 aromatic rings. The molecule has 310 valence electrons. The fourth-order valence-corrected chi connectivity index (χ4v) is 7.40. The van der Waals surface area contributed by atoms with Gasteiger partial charge in [-0.05, 0) is 75.4 Å². The number of esters is 2. The minimum atomic E-state index is -1.63. The predicted octanol–water partition coefficient (Wildman–Crippen LogP) is 5.39. The van der Waals surface area contributed by atoms with Gasteiger partial charge in [-0.2, -0.15) is 0 Å². The Hall–Kier alpha value is -3.00. The number of allylic oxidation sites excluding steroid dienone is 8. The van der Waals surface area contributed by atoms with E-state index in [1.54, 1.807) is 12.2 Å². The zero-order valence-electron chi connectivity index (χ0n) is 32.9. The van der Waals surface area contributed by atoms with Crippen LogP contribution in [0.5, 0.6) is 0 Å². The highest BCUT2D eigenvalue weighted by Gasteiger charge is 2.44. The molecule has 10 atom stereocenters. The number of hydrogen-bond acceptors (Lipinski definition) is 12. The number of aliphatic hydroxyl groups is 4. The van der Waals surface area contributed by atoms with Crippen LogP contribution in [0.3, 0.4) is 0 Å². The van der Waals surface area contributed by atoms with E-state index in [0.29, 0.717) is 12.8 Å². The molecule has 1 aliphatic heterocycles. The highest BCUT2D eigenvalue weighted by molar-refractivity contribution is 5.95. The van der Waals surface area contributed by atoms with Gasteiger partial charge >= 0.3 is 11.9 Å². The average molecular weight is 775 g/mol. The van der Waals surface area contributed by atoms with Crippen molar-refractivity contribution in [3.63, 3.8) is 0 Å². The zero-order chi connectivity index (χ0) is 40.0. The van der Waals surface area contributed by atoms with E-state index < -0.39 is 55.4 Å². The number of carbonyl (C=O) groups excluding carboxylic acids is 4. The van der Waals surface area contributed by atoms with Crippen molar-refractivity contribution in [1.82, 2.24) is 0 Å². The fourth-order valence-electron chi connectivity index (χ4n) is 7.40. The molecule has 0 aromatic carbocycles. The predicted molar refractivity (Wildman–Crippen MR) is 206 cm³/mol. The lowest BCUT2D eigenvalue weighted by Crippen LogP contribution is -2.59. The van der Waals surface area contributed by atoms with Crippen LogP contribution < -0.4 is 0 Å². The van der Waals surface area contributed by atoms with Crippen molar-refractivity contribution in [2.45, 2.75) is 153 Å². The quantitative estimate of drug-likeness (QED) is 0.0474. The van der Waals surface area contributed by atoms with E-state index in [1.165, 1.54) is 0 Å². The van der Waals surface area contributed by atoms with Crippen LogP contribution in [0.25, 0.3) is 0 Å². The van der Waals surface area contributed by atoms with Crippen molar-refractivity contribution in [2.24, 2.45) is 23.7 Å². The Morgan fingerprint density at radius 2 is 1.24 bits per heavy atom. The monoisotopic (exact) mass is 774 g/mol. The van der Waals surface area contributed by atoms with Gasteiger partial charge in [0.2, 0.25) is 0 Å². The first-order valence-corrected chi connectivity index (χ1v) is 20.6. The smallest absolute Gasteiger partial charge is 0.306 e. The Bertz CT molecular complexity index is 1290. The third-order valence-corrected chi connectivity index (χ3v) is 10.7. The second-order valence-electron chi connectivity index (χ2n) is 15.0. The number of hydrogen-bond donors (Lipinski definition) is 4. The standard InChI is InChI=1S/C43H66O12/c1-3-5-11-19-33-30(23-25-35(33)45)17-13-8-7-9-15-21-38(47)52-28-32(29-53-43-42(51)41(50)40(49)37(27-44)55-43)54-39(48)22-16-10-14-18-31-24-26-36(46)34(31)20-12-6-4-2/h5-6,11-12,23-26,30-34,37,40-44,49-51H,3-4,7-10,13-22,27-29H2,1-2H3/t30-,31-,32-,33-,34-,37-,40+,41+,42-,43-/m1/s1. The summed E-state index contributed by atoms with van der Waals surface area (Å²) in [4.78, 5) is 50.0. The molecule has 12 heteroatoms. The Morgan fingerprint density at radius 1 is 0.709 bits per heavy atom. The van der Waals surface area contributed by atoms with Gasteiger partial charge in [0.15, 0.2) is 24.0 Å². The van der Waals surface area contributed by atoms with Gasteiger partial charge in [-0.15, -0.1) is 0 Å². The molecule has 4 N–H and O–H groups in total. The molecule has 1 fully saturated rings. The number of aliphatic hydroxyl groups excluding tert-OH is 4. The molecule has 2 aliphatic carbocycles. The molecular formula is C43H66O12. The number of carbonyl (C=O) groups is 4. The zero-order valence-corrected chi connectivity index (χ0v) is 32.9. The maximum absolute atomic E-state index is 12.9. The molecule has 0 unspecified atom stereocenters. The molecule has 1 saturated heterocycles. The molecule has 12 nitrogen and oxygen atoms in total. The summed E-state index contributed by atoms with van der Waals surface area (Å²) in [6, 6.07) is 0. The minimum Gasteiger partial charge on any atom is -0.462 e. The highest BCUT2D eigenvalue weighted by Crippen LogP contribution is 2.32. The van der Waals surface area contributed by atoms with Gasteiger partial charge < -0.3 is 39.4 Å². The summed E-state index contributed by atoms with van der Waals surface area (Å²) in [6.07, 6.45) is 19.5. The first kappa shape index (κ1) is 46.4. The third-order valence-electron chi connectivity index (χ3n) is 10.7. The van der Waals surface area contributed by atoms with Crippen molar-refractivity contribution in [1.29, 1.82) is 0 Å².